The minimum absolute atomic E-state index is 0.0635. The van der Waals surface area contributed by atoms with Gasteiger partial charge in [0, 0.05) is 24.0 Å². The van der Waals surface area contributed by atoms with Gasteiger partial charge in [-0.2, -0.15) is 13.5 Å². The van der Waals surface area contributed by atoms with Crippen molar-refractivity contribution in [3.05, 3.63) is 77.4 Å². The van der Waals surface area contributed by atoms with E-state index < -0.39 is 27.4 Å². The monoisotopic (exact) mass is 449 g/mol. The number of rotatable bonds is 7. The summed E-state index contributed by atoms with van der Waals surface area (Å²) < 4.78 is 64.3. The van der Waals surface area contributed by atoms with E-state index >= 15 is 0 Å². The van der Waals surface area contributed by atoms with Crippen LogP contribution in [0.25, 0.3) is 0 Å². The van der Waals surface area contributed by atoms with Crippen molar-refractivity contribution in [1.82, 2.24) is 15.2 Å². The lowest BCUT2D eigenvalue weighted by atomic mass is 9.84. The summed E-state index contributed by atoms with van der Waals surface area (Å²) in [6, 6.07) is 9.64. The highest BCUT2D eigenvalue weighted by Crippen LogP contribution is 2.42. The number of H-pyrrole nitrogens is 1. The van der Waals surface area contributed by atoms with Gasteiger partial charge in [0.15, 0.2) is 5.82 Å². The van der Waals surface area contributed by atoms with Crippen LogP contribution in [0.4, 0.5) is 8.78 Å². The van der Waals surface area contributed by atoms with E-state index in [1.54, 1.807) is 12.1 Å². The van der Waals surface area contributed by atoms with Crippen LogP contribution in [-0.4, -0.2) is 36.8 Å². The molecule has 0 saturated carbocycles. The molecule has 31 heavy (non-hydrogen) atoms. The molecule has 1 aliphatic heterocycles. The molecule has 164 valence electrons. The summed E-state index contributed by atoms with van der Waals surface area (Å²) in [5.74, 6) is -1.37. The van der Waals surface area contributed by atoms with Gasteiger partial charge >= 0.3 is 0 Å². The van der Waals surface area contributed by atoms with Gasteiger partial charge in [0.25, 0.3) is 10.1 Å². The normalized spacial score (nSPS) is 21.5. The second kappa shape index (κ2) is 8.45. The van der Waals surface area contributed by atoms with Crippen LogP contribution < -0.4 is 0 Å². The lowest BCUT2D eigenvalue weighted by Gasteiger charge is -2.28. The van der Waals surface area contributed by atoms with Crippen LogP contribution in [0.3, 0.4) is 0 Å². The third kappa shape index (κ3) is 4.65. The number of hydrogen-bond acceptors (Lipinski definition) is 6. The fraction of sp³-hybridized carbons (Fsp3) is 0.333. The highest BCUT2D eigenvalue weighted by Gasteiger charge is 2.45. The largest absolute Gasteiger partial charge is 0.369 e. The lowest BCUT2D eigenvalue weighted by molar-refractivity contribution is -0.00520. The minimum atomic E-state index is -3.94. The highest BCUT2D eigenvalue weighted by atomic mass is 32.2. The Bertz CT molecular complexity index is 1150. The summed E-state index contributed by atoms with van der Waals surface area (Å²) in [4.78, 5) is 4.15. The Morgan fingerprint density at radius 3 is 2.68 bits per heavy atom. The third-order valence-electron chi connectivity index (χ3n) is 5.31. The quantitative estimate of drug-likeness (QED) is 0.557. The number of aromatic nitrogens is 3. The van der Waals surface area contributed by atoms with Crippen molar-refractivity contribution in [2.45, 2.75) is 30.3 Å². The summed E-state index contributed by atoms with van der Waals surface area (Å²) in [6.07, 6.45) is 1.79. The first-order valence-corrected chi connectivity index (χ1v) is 11.1. The van der Waals surface area contributed by atoms with E-state index in [4.69, 9.17) is 8.92 Å². The molecule has 3 aromatic rings. The zero-order valence-electron chi connectivity index (χ0n) is 16.7. The Labute approximate surface area is 178 Å². The van der Waals surface area contributed by atoms with Crippen molar-refractivity contribution >= 4 is 10.1 Å². The molecular formula is C21H21F2N3O4S. The Balaban J connectivity index is 1.53. The maximum absolute atomic E-state index is 14.6. The first kappa shape index (κ1) is 21.5. The molecule has 2 heterocycles. The van der Waals surface area contributed by atoms with Gasteiger partial charge < -0.3 is 4.74 Å². The summed E-state index contributed by atoms with van der Waals surface area (Å²) in [5.41, 5.74) is -0.0643. The van der Waals surface area contributed by atoms with Gasteiger partial charge in [-0.1, -0.05) is 23.8 Å². The summed E-state index contributed by atoms with van der Waals surface area (Å²) in [5, 5.41) is 6.61. The van der Waals surface area contributed by atoms with E-state index in [1.807, 2.05) is 6.92 Å². The van der Waals surface area contributed by atoms with Crippen LogP contribution in [0.2, 0.25) is 0 Å². The molecule has 0 bridgehead atoms. The second-order valence-electron chi connectivity index (χ2n) is 7.64. The lowest BCUT2D eigenvalue weighted by Crippen LogP contribution is -2.30. The molecule has 1 aliphatic rings. The van der Waals surface area contributed by atoms with E-state index in [0.29, 0.717) is 5.82 Å². The van der Waals surface area contributed by atoms with Gasteiger partial charge in [-0.25, -0.2) is 13.8 Å². The summed E-state index contributed by atoms with van der Waals surface area (Å²) in [6.45, 7) is 1.87. The number of hydrogen-bond donors (Lipinski definition) is 1. The Kier molecular flexibility index (Phi) is 5.87. The molecule has 1 fully saturated rings. The number of nitrogens with one attached hydrogen (secondary N) is 1. The van der Waals surface area contributed by atoms with Crippen molar-refractivity contribution < 1.29 is 26.1 Å². The number of aryl methyl sites for hydroxylation is 1. The molecule has 1 aromatic heterocycles. The molecule has 1 N–H and O–H groups in total. The Morgan fingerprint density at radius 2 is 2.00 bits per heavy atom. The van der Waals surface area contributed by atoms with Crippen molar-refractivity contribution in [3.63, 3.8) is 0 Å². The Morgan fingerprint density at radius 1 is 1.23 bits per heavy atom. The fourth-order valence-corrected chi connectivity index (χ4v) is 4.75. The average molecular weight is 449 g/mol. The van der Waals surface area contributed by atoms with Gasteiger partial charge in [-0.15, -0.1) is 0 Å². The molecule has 2 aromatic carbocycles. The van der Waals surface area contributed by atoms with Crippen molar-refractivity contribution in [2.24, 2.45) is 5.92 Å². The van der Waals surface area contributed by atoms with E-state index in [0.717, 1.165) is 17.7 Å². The standard InChI is InChI=1S/C21H21F2N3O4S/c1-14-2-5-17(6-3-14)31(27,28)30-12-15-9-21(29-11-15,10-20-24-13-25-26-20)18-7-4-16(22)8-19(18)23/h2-8,13,15H,9-12H2,1H3,(H,24,25,26)/t15-,21+/m0/s1. The molecule has 0 radical (unpaired) electrons. The number of aromatic amines is 1. The SMILES string of the molecule is Cc1ccc(S(=O)(=O)OC[C@@H]2CO[C@](Cc3nc[nH]n3)(c3ccc(F)cc3F)C2)cc1. The molecule has 2 atom stereocenters. The third-order valence-corrected chi connectivity index (χ3v) is 6.61. The van der Waals surface area contributed by atoms with Crippen molar-refractivity contribution in [1.29, 1.82) is 0 Å². The van der Waals surface area contributed by atoms with Crippen LogP contribution >= 0.6 is 0 Å². The summed E-state index contributed by atoms with van der Waals surface area (Å²) in [7, 11) is -3.94. The molecule has 10 heteroatoms. The molecule has 0 aliphatic carbocycles. The number of nitrogens with zero attached hydrogens (tertiary/aromatic N) is 2. The van der Waals surface area contributed by atoms with Crippen LogP contribution in [0.5, 0.6) is 0 Å². The highest BCUT2D eigenvalue weighted by molar-refractivity contribution is 7.86. The number of halogens is 2. The topological polar surface area (TPSA) is 94.2 Å². The molecular weight excluding hydrogens is 428 g/mol. The summed E-state index contributed by atoms with van der Waals surface area (Å²) >= 11 is 0. The predicted octanol–water partition coefficient (Wildman–Crippen LogP) is 3.27. The predicted molar refractivity (Wildman–Crippen MR) is 106 cm³/mol. The molecule has 1 saturated heterocycles. The molecule has 0 amide bonds. The van der Waals surface area contributed by atoms with Gasteiger partial charge in [-0.3, -0.25) is 9.28 Å². The van der Waals surface area contributed by atoms with Crippen LogP contribution in [0, 0.1) is 24.5 Å². The zero-order valence-corrected chi connectivity index (χ0v) is 17.5. The number of ether oxygens (including phenoxy) is 1. The van der Waals surface area contributed by atoms with Crippen LogP contribution in [0.1, 0.15) is 23.4 Å². The Hall–Kier alpha value is -2.69. The van der Waals surface area contributed by atoms with E-state index in [1.165, 1.54) is 24.5 Å². The maximum atomic E-state index is 14.6. The van der Waals surface area contributed by atoms with Gasteiger partial charge in [0.05, 0.1) is 18.1 Å². The van der Waals surface area contributed by atoms with Crippen LogP contribution in [-0.2, 0) is 31.1 Å². The van der Waals surface area contributed by atoms with E-state index in [2.05, 4.69) is 15.2 Å². The zero-order chi connectivity index (χ0) is 22.1. The van der Waals surface area contributed by atoms with E-state index in [-0.39, 0.29) is 42.4 Å². The molecule has 0 spiro atoms. The van der Waals surface area contributed by atoms with Crippen molar-refractivity contribution in [3.8, 4) is 0 Å². The number of benzene rings is 2. The van der Waals surface area contributed by atoms with Crippen molar-refractivity contribution in [2.75, 3.05) is 13.2 Å². The van der Waals surface area contributed by atoms with Gasteiger partial charge in [0.1, 0.15) is 23.6 Å². The first-order chi connectivity index (χ1) is 14.8. The minimum Gasteiger partial charge on any atom is -0.369 e. The maximum Gasteiger partial charge on any atom is 0.296 e. The molecule has 4 rings (SSSR count). The smallest absolute Gasteiger partial charge is 0.296 e. The average Bonchev–Trinajstić information content (AvgIpc) is 3.38. The molecule has 7 nitrogen and oxygen atoms in total. The van der Waals surface area contributed by atoms with Gasteiger partial charge in [-0.05, 0) is 31.5 Å². The van der Waals surface area contributed by atoms with E-state index in [9.17, 15) is 17.2 Å². The first-order valence-electron chi connectivity index (χ1n) is 9.68. The van der Waals surface area contributed by atoms with Crippen LogP contribution in [0.15, 0.2) is 53.7 Å². The molecule has 0 unspecified atom stereocenters. The fourth-order valence-electron chi connectivity index (χ4n) is 3.77. The van der Waals surface area contributed by atoms with Gasteiger partial charge in [0.2, 0.25) is 0 Å². The second-order valence-corrected chi connectivity index (χ2v) is 9.26.